The van der Waals surface area contributed by atoms with E-state index in [1.165, 1.54) is 24.7 Å². The Balaban J connectivity index is 0.00000338. The molecule has 0 bridgehead atoms. The largest absolute Gasteiger partial charge is 0.396 e. The lowest BCUT2D eigenvalue weighted by atomic mass is 9.98. The van der Waals surface area contributed by atoms with Crippen LogP contribution in [0, 0.1) is 5.92 Å². The van der Waals surface area contributed by atoms with Crippen molar-refractivity contribution < 1.29 is 9.90 Å². The third-order valence-electron chi connectivity index (χ3n) is 4.88. The molecule has 26 heavy (non-hydrogen) atoms. The fourth-order valence-corrected chi connectivity index (χ4v) is 3.46. The number of aliphatic hydroxyl groups is 1. The van der Waals surface area contributed by atoms with Gasteiger partial charge in [-0.15, -0.1) is 12.4 Å². The Morgan fingerprint density at radius 2 is 1.96 bits per heavy atom. The normalized spacial score (nSPS) is 20.0. The van der Waals surface area contributed by atoms with Crippen molar-refractivity contribution in [3.8, 4) is 0 Å². The summed E-state index contributed by atoms with van der Waals surface area (Å²) in [6.07, 6.45) is 2.73. The molecule has 1 aliphatic heterocycles. The van der Waals surface area contributed by atoms with E-state index in [1.54, 1.807) is 0 Å². The standard InChI is InChI=1S/C17H28N4O4.ClH/c1-4-6-12-10-21(7-5-8-22)11-13(12)18-16(24)14-9-15(23)20(3)17(25)19(14)2;/h9,12-13,22H,4-8,10-11H2,1-3H3,(H,18,24);1H/t12-,13-;/m0./s1. The number of hydrogen-bond donors (Lipinski definition) is 2. The quantitative estimate of drug-likeness (QED) is 0.669. The van der Waals surface area contributed by atoms with Crippen LogP contribution < -0.4 is 16.6 Å². The van der Waals surface area contributed by atoms with Gasteiger partial charge in [0, 0.05) is 52.4 Å². The van der Waals surface area contributed by atoms with E-state index in [0.29, 0.717) is 12.3 Å². The first-order valence-corrected chi connectivity index (χ1v) is 8.80. The molecule has 1 aromatic heterocycles. The number of carbonyl (C=O) groups excluding carboxylic acids is 1. The maximum Gasteiger partial charge on any atom is 0.331 e. The highest BCUT2D eigenvalue weighted by atomic mass is 35.5. The molecule has 1 fully saturated rings. The molecule has 1 saturated heterocycles. The lowest BCUT2D eigenvalue weighted by Crippen LogP contribution is -2.45. The minimum absolute atomic E-state index is 0. The van der Waals surface area contributed by atoms with Gasteiger partial charge in [0.25, 0.3) is 11.5 Å². The van der Waals surface area contributed by atoms with Crippen LogP contribution in [0.15, 0.2) is 15.7 Å². The number of nitrogens with zero attached hydrogens (tertiary/aromatic N) is 3. The summed E-state index contributed by atoms with van der Waals surface area (Å²) >= 11 is 0. The highest BCUT2D eigenvalue weighted by molar-refractivity contribution is 5.92. The van der Waals surface area contributed by atoms with E-state index in [9.17, 15) is 14.4 Å². The number of likely N-dealkylation sites (tertiary alicyclic amines) is 1. The highest BCUT2D eigenvalue weighted by Crippen LogP contribution is 2.22. The molecule has 1 aromatic rings. The topological polar surface area (TPSA) is 96.6 Å². The number of halogens is 1. The zero-order valence-electron chi connectivity index (χ0n) is 15.6. The molecule has 1 amide bonds. The van der Waals surface area contributed by atoms with Crippen LogP contribution in [0.5, 0.6) is 0 Å². The average molecular weight is 389 g/mol. The molecule has 8 nitrogen and oxygen atoms in total. The SMILES string of the molecule is CCC[C@H]1CN(CCCO)C[C@@H]1NC(=O)c1cc(=O)n(C)c(=O)n1C.Cl. The van der Waals surface area contributed by atoms with E-state index in [0.717, 1.165) is 37.0 Å². The molecular weight excluding hydrogens is 360 g/mol. The van der Waals surface area contributed by atoms with Crippen molar-refractivity contribution >= 4 is 18.3 Å². The van der Waals surface area contributed by atoms with E-state index < -0.39 is 17.2 Å². The number of carbonyl (C=O) groups is 1. The third-order valence-corrected chi connectivity index (χ3v) is 4.88. The fourth-order valence-electron chi connectivity index (χ4n) is 3.46. The van der Waals surface area contributed by atoms with Gasteiger partial charge in [-0.2, -0.15) is 0 Å². The highest BCUT2D eigenvalue weighted by Gasteiger charge is 2.33. The number of hydrogen-bond acceptors (Lipinski definition) is 5. The summed E-state index contributed by atoms with van der Waals surface area (Å²) in [7, 11) is 2.88. The van der Waals surface area contributed by atoms with E-state index >= 15 is 0 Å². The Kier molecular flexibility index (Phi) is 8.52. The Morgan fingerprint density at radius 1 is 1.27 bits per heavy atom. The number of rotatable bonds is 7. The van der Waals surface area contributed by atoms with Crippen LogP contribution in [0.2, 0.25) is 0 Å². The van der Waals surface area contributed by atoms with Crippen LogP contribution in [-0.4, -0.2) is 57.3 Å². The van der Waals surface area contributed by atoms with Gasteiger partial charge in [-0.05, 0) is 18.8 Å². The van der Waals surface area contributed by atoms with Gasteiger partial charge in [-0.3, -0.25) is 18.7 Å². The molecule has 0 saturated carbocycles. The summed E-state index contributed by atoms with van der Waals surface area (Å²) in [6.45, 7) is 4.66. The summed E-state index contributed by atoms with van der Waals surface area (Å²) in [5.74, 6) is -0.0661. The summed E-state index contributed by atoms with van der Waals surface area (Å²) in [5, 5.41) is 12.0. The Hall–Kier alpha value is -1.64. The van der Waals surface area contributed by atoms with Gasteiger partial charge in [-0.25, -0.2) is 4.79 Å². The van der Waals surface area contributed by atoms with Crippen LogP contribution in [0.4, 0.5) is 0 Å². The summed E-state index contributed by atoms with van der Waals surface area (Å²) in [6, 6.07) is 1.18. The second-order valence-corrected chi connectivity index (χ2v) is 6.73. The average Bonchev–Trinajstić information content (AvgIpc) is 2.96. The zero-order chi connectivity index (χ0) is 18.6. The van der Waals surface area contributed by atoms with Crippen LogP contribution >= 0.6 is 12.4 Å². The van der Waals surface area contributed by atoms with Gasteiger partial charge >= 0.3 is 5.69 Å². The summed E-state index contributed by atoms with van der Waals surface area (Å²) in [4.78, 5) is 38.7. The number of aliphatic hydroxyl groups excluding tert-OH is 1. The van der Waals surface area contributed by atoms with Crippen LogP contribution in [0.25, 0.3) is 0 Å². The predicted molar refractivity (Wildman–Crippen MR) is 102 cm³/mol. The van der Waals surface area contributed by atoms with Gasteiger partial charge in [0.15, 0.2) is 0 Å². The van der Waals surface area contributed by atoms with Gasteiger partial charge in [0.05, 0.1) is 0 Å². The fraction of sp³-hybridized carbons (Fsp3) is 0.706. The molecule has 0 spiro atoms. The minimum atomic E-state index is -0.515. The van der Waals surface area contributed by atoms with Crippen LogP contribution in [0.1, 0.15) is 36.7 Å². The number of amides is 1. The maximum atomic E-state index is 12.6. The molecular formula is C17H29ClN4O4. The van der Waals surface area contributed by atoms with Crippen molar-refractivity contribution in [3.63, 3.8) is 0 Å². The van der Waals surface area contributed by atoms with Crippen LogP contribution in [-0.2, 0) is 14.1 Å². The second-order valence-electron chi connectivity index (χ2n) is 6.73. The molecule has 1 aliphatic rings. The number of nitrogens with one attached hydrogen (secondary N) is 1. The molecule has 2 heterocycles. The molecule has 0 unspecified atom stereocenters. The Labute approximate surface area is 159 Å². The van der Waals surface area contributed by atoms with Crippen molar-refractivity contribution in [3.05, 3.63) is 32.6 Å². The van der Waals surface area contributed by atoms with Crippen molar-refractivity contribution in [1.82, 2.24) is 19.4 Å². The van der Waals surface area contributed by atoms with Crippen molar-refractivity contribution in [2.24, 2.45) is 20.0 Å². The van der Waals surface area contributed by atoms with Crippen molar-refractivity contribution in [1.29, 1.82) is 0 Å². The van der Waals surface area contributed by atoms with Gasteiger partial charge in [0.1, 0.15) is 5.69 Å². The van der Waals surface area contributed by atoms with Crippen LogP contribution in [0.3, 0.4) is 0 Å². The number of aromatic nitrogens is 2. The third kappa shape index (κ3) is 4.96. The summed E-state index contributed by atoms with van der Waals surface area (Å²) < 4.78 is 2.17. The van der Waals surface area contributed by atoms with E-state index in [4.69, 9.17) is 5.11 Å². The first-order valence-electron chi connectivity index (χ1n) is 8.80. The van der Waals surface area contributed by atoms with Crippen molar-refractivity contribution in [2.45, 2.75) is 32.2 Å². The maximum absolute atomic E-state index is 12.6. The molecule has 2 N–H and O–H groups in total. The smallest absolute Gasteiger partial charge is 0.331 e. The van der Waals surface area contributed by atoms with E-state index in [1.807, 2.05) is 0 Å². The first kappa shape index (κ1) is 22.4. The Bertz CT molecular complexity index is 730. The minimum Gasteiger partial charge on any atom is -0.396 e. The molecule has 9 heteroatoms. The van der Waals surface area contributed by atoms with Crippen molar-refractivity contribution in [2.75, 3.05) is 26.2 Å². The zero-order valence-corrected chi connectivity index (χ0v) is 16.4. The summed E-state index contributed by atoms with van der Waals surface area (Å²) in [5.41, 5.74) is -0.926. The Morgan fingerprint density at radius 3 is 2.58 bits per heavy atom. The molecule has 2 atom stereocenters. The second kappa shape index (κ2) is 9.89. The lowest BCUT2D eigenvalue weighted by molar-refractivity contribution is 0.0918. The van der Waals surface area contributed by atoms with Gasteiger partial charge < -0.3 is 15.3 Å². The predicted octanol–water partition coefficient (Wildman–Crippen LogP) is -0.281. The van der Waals surface area contributed by atoms with E-state index in [2.05, 4.69) is 17.1 Å². The van der Waals surface area contributed by atoms with Gasteiger partial charge in [0.2, 0.25) is 0 Å². The molecule has 0 aliphatic carbocycles. The molecule has 2 rings (SSSR count). The lowest BCUT2D eigenvalue weighted by Gasteiger charge is -2.20. The molecule has 0 radical (unpaired) electrons. The molecule has 0 aromatic carbocycles. The van der Waals surface area contributed by atoms with E-state index in [-0.39, 0.29) is 30.7 Å². The monoisotopic (exact) mass is 388 g/mol. The molecule has 148 valence electrons. The first-order chi connectivity index (χ1) is 11.9. The van der Waals surface area contributed by atoms with Gasteiger partial charge in [-0.1, -0.05) is 13.3 Å².